The van der Waals surface area contributed by atoms with Crippen molar-refractivity contribution in [2.24, 2.45) is 17.2 Å². The average Bonchev–Trinajstić information content (AvgIpc) is 3.16. The van der Waals surface area contributed by atoms with Gasteiger partial charge < -0.3 is 86.7 Å². The third-order valence-electron chi connectivity index (χ3n) is 10.9. The van der Waals surface area contributed by atoms with Gasteiger partial charge in [-0.1, -0.05) is 27.7 Å². The predicted molar refractivity (Wildman–Crippen MR) is 200 cm³/mol. The van der Waals surface area contributed by atoms with E-state index in [2.05, 4.69) is 17.9 Å². The molecular weight excluding hydrogens is 732 g/mol. The number of hydrogen-bond acceptors (Lipinski definition) is 18. The molecule has 320 valence electrons. The molecular formula is C35H70N4O14S. The van der Waals surface area contributed by atoms with Gasteiger partial charge in [-0.15, -0.1) is 0 Å². The van der Waals surface area contributed by atoms with Crippen molar-refractivity contribution in [2.75, 3.05) is 38.7 Å². The summed E-state index contributed by atoms with van der Waals surface area (Å²) < 4.78 is 36.8. The van der Waals surface area contributed by atoms with E-state index in [1.807, 2.05) is 27.7 Å². The van der Waals surface area contributed by atoms with Gasteiger partial charge in [0.15, 0.2) is 12.5 Å². The Labute approximate surface area is 324 Å². The molecule has 2 rings (SSSR count). The van der Waals surface area contributed by atoms with Crippen LogP contribution in [0.2, 0.25) is 0 Å². The van der Waals surface area contributed by atoms with Gasteiger partial charge in [-0.05, 0) is 51.2 Å². The predicted octanol–water partition coefficient (Wildman–Crippen LogP) is -2.64. The van der Waals surface area contributed by atoms with E-state index in [1.165, 1.54) is 6.92 Å². The van der Waals surface area contributed by atoms with Crippen molar-refractivity contribution in [1.29, 1.82) is 0 Å². The van der Waals surface area contributed by atoms with Crippen LogP contribution in [0.4, 0.5) is 0 Å². The zero-order chi connectivity index (χ0) is 40.8. The first-order valence-electron chi connectivity index (χ1n) is 19.2. The van der Waals surface area contributed by atoms with Gasteiger partial charge in [0.05, 0.1) is 55.8 Å². The van der Waals surface area contributed by atoms with Crippen LogP contribution < -0.4 is 22.5 Å². The van der Waals surface area contributed by atoms with Crippen LogP contribution in [0.3, 0.4) is 0 Å². The molecule has 0 aliphatic carbocycles. The number of amides is 1. The normalized spacial score (nSPS) is 31.9. The summed E-state index contributed by atoms with van der Waals surface area (Å²) in [6.07, 6.45) is -12.2. The second-order valence-electron chi connectivity index (χ2n) is 14.3. The standard InChI is InChI=1S/C35H70N4O14S/c1-6-34(7-2,30-24(36)28(45)26(43)20(16-40)51-30)50-18-22-27(44)29(46)25(37)31(52-22)35(8-3,9-4)49-17-21(19(5)41)53-33(32(38)47)48-14-11-13-39-23(42)12-10-15-54/h19-22,24-33,40-41,43-47,54H,6-18,36-38H2,1-5H3,(H,39,42). The topological polar surface area (TPSA) is 304 Å². The van der Waals surface area contributed by atoms with Crippen LogP contribution in [0.25, 0.3) is 0 Å². The van der Waals surface area contributed by atoms with Gasteiger partial charge in [0.2, 0.25) is 5.91 Å². The molecule has 0 aromatic heterocycles. The Kier molecular flexibility index (Phi) is 21.5. The van der Waals surface area contributed by atoms with Crippen LogP contribution in [-0.2, 0) is 33.2 Å². The van der Waals surface area contributed by atoms with Crippen LogP contribution >= 0.6 is 12.6 Å². The lowest BCUT2D eigenvalue weighted by Crippen LogP contribution is -2.70. The zero-order valence-corrected chi connectivity index (χ0v) is 33.3. The zero-order valence-electron chi connectivity index (χ0n) is 32.4. The van der Waals surface area contributed by atoms with Crippen LogP contribution in [-0.4, -0.2) is 177 Å². The molecule has 2 fully saturated rings. The largest absolute Gasteiger partial charge is 0.394 e. The molecule has 2 saturated heterocycles. The Hall–Kier alpha value is -0.820. The fourth-order valence-electron chi connectivity index (χ4n) is 7.09. The first kappa shape index (κ1) is 49.3. The first-order valence-corrected chi connectivity index (χ1v) is 19.9. The third kappa shape index (κ3) is 12.6. The highest BCUT2D eigenvalue weighted by molar-refractivity contribution is 7.80. The molecule has 0 saturated carbocycles. The molecule has 0 radical (unpaired) electrons. The quantitative estimate of drug-likeness (QED) is 0.0255. The van der Waals surface area contributed by atoms with Gasteiger partial charge in [0.25, 0.3) is 0 Å². The van der Waals surface area contributed by atoms with Gasteiger partial charge in [-0.3, -0.25) is 4.79 Å². The van der Waals surface area contributed by atoms with E-state index >= 15 is 0 Å². The van der Waals surface area contributed by atoms with E-state index in [1.54, 1.807) is 0 Å². The Morgan fingerprint density at radius 1 is 0.852 bits per heavy atom. The number of carbonyl (C=O) groups is 1. The van der Waals surface area contributed by atoms with Gasteiger partial charge >= 0.3 is 0 Å². The second-order valence-corrected chi connectivity index (χ2v) is 14.8. The van der Waals surface area contributed by atoms with Gasteiger partial charge in [0.1, 0.15) is 54.9 Å². The van der Waals surface area contributed by atoms with E-state index in [-0.39, 0.29) is 25.7 Å². The fraction of sp³-hybridized carbons (Fsp3) is 0.971. The highest BCUT2D eigenvalue weighted by Crippen LogP contribution is 2.38. The Morgan fingerprint density at radius 3 is 1.85 bits per heavy atom. The number of hydrogen-bond donors (Lipinski definition) is 12. The fourth-order valence-corrected chi connectivity index (χ4v) is 7.25. The molecule has 0 aromatic carbocycles. The maximum absolute atomic E-state index is 11.8. The van der Waals surface area contributed by atoms with Crippen molar-refractivity contribution in [3.05, 3.63) is 0 Å². The molecule has 19 heteroatoms. The van der Waals surface area contributed by atoms with Crippen LogP contribution in [0.1, 0.15) is 79.6 Å². The molecule has 2 aliphatic rings. The SMILES string of the molecule is CCC(CC)(OCC1OC(C(CC)(CC)OCC(OC(OCCCNC(=O)CCCS)C(N)O)C(C)O)C(N)C(O)C1O)C1OC(CO)C(O)C(O)C1N. The van der Waals surface area contributed by atoms with E-state index in [0.717, 1.165) is 0 Å². The Morgan fingerprint density at radius 2 is 1.37 bits per heavy atom. The molecule has 2 heterocycles. The van der Waals surface area contributed by atoms with Crippen LogP contribution in [0, 0.1) is 0 Å². The average molecular weight is 803 g/mol. The summed E-state index contributed by atoms with van der Waals surface area (Å²) in [7, 11) is 0. The summed E-state index contributed by atoms with van der Waals surface area (Å²) in [4.78, 5) is 11.8. The van der Waals surface area contributed by atoms with Crippen LogP contribution in [0.15, 0.2) is 0 Å². The van der Waals surface area contributed by atoms with Crippen molar-refractivity contribution in [3.8, 4) is 0 Å². The second kappa shape index (κ2) is 23.6. The van der Waals surface area contributed by atoms with Crippen molar-refractivity contribution < 1.29 is 69.0 Å². The number of rotatable bonds is 25. The highest BCUT2D eigenvalue weighted by atomic mass is 32.1. The number of carbonyl (C=O) groups excluding carboxylic acids is 1. The smallest absolute Gasteiger partial charge is 0.220 e. The Bertz CT molecular complexity index is 1060. The minimum atomic E-state index is -1.57. The van der Waals surface area contributed by atoms with Gasteiger partial charge in [0, 0.05) is 13.0 Å². The molecule has 0 spiro atoms. The molecule has 14 atom stereocenters. The highest BCUT2D eigenvalue weighted by Gasteiger charge is 2.54. The Balaban J connectivity index is 2.19. The monoisotopic (exact) mass is 802 g/mol. The summed E-state index contributed by atoms with van der Waals surface area (Å²) in [5.41, 5.74) is 16.2. The number of nitrogens with one attached hydrogen (secondary N) is 1. The minimum Gasteiger partial charge on any atom is -0.394 e. The lowest BCUT2D eigenvalue weighted by molar-refractivity contribution is -0.284. The van der Waals surface area contributed by atoms with Crippen molar-refractivity contribution >= 4 is 18.5 Å². The number of ether oxygens (including phenoxy) is 6. The first-order chi connectivity index (χ1) is 25.5. The lowest BCUT2D eigenvalue weighted by atomic mass is 9.79. The summed E-state index contributed by atoms with van der Waals surface area (Å²) in [5.74, 6) is 0.503. The van der Waals surface area contributed by atoms with Crippen molar-refractivity contribution in [1.82, 2.24) is 5.32 Å². The number of nitrogens with two attached hydrogens (primary N) is 3. The minimum absolute atomic E-state index is 0.0855. The molecule has 0 aromatic rings. The van der Waals surface area contributed by atoms with Gasteiger partial charge in [-0.25, -0.2) is 0 Å². The molecule has 1 amide bonds. The molecule has 14 N–H and O–H groups in total. The van der Waals surface area contributed by atoms with Crippen molar-refractivity contribution in [3.63, 3.8) is 0 Å². The lowest BCUT2D eigenvalue weighted by Gasteiger charge is -2.51. The maximum atomic E-state index is 11.8. The molecule has 0 bridgehead atoms. The number of aliphatic hydroxyl groups is 7. The summed E-state index contributed by atoms with van der Waals surface area (Å²) in [5, 5.41) is 76.8. The molecule has 2 aliphatic heterocycles. The summed E-state index contributed by atoms with van der Waals surface area (Å²) >= 11 is 4.10. The molecule has 14 unspecified atom stereocenters. The van der Waals surface area contributed by atoms with E-state index in [4.69, 9.17) is 45.6 Å². The molecule has 18 nitrogen and oxygen atoms in total. The third-order valence-corrected chi connectivity index (χ3v) is 11.2. The summed E-state index contributed by atoms with van der Waals surface area (Å²) in [6, 6.07) is -2.18. The van der Waals surface area contributed by atoms with E-state index in [0.29, 0.717) is 57.2 Å². The van der Waals surface area contributed by atoms with Crippen molar-refractivity contribution in [2.45, 2.75) is 176 Å². The maximum Gasteiger partial charge on any atom is 0.220 e. The molecule has 54 heavy (non-hydrogen) atoms. The van der Waals surface area contributed by atoms with E-state index < -0.39 is 103 Å². The number of aliphatic hydroxyl groups excluding tert-OH is 7. The number of thiol groups is 1. The summed E-state index contributed by atoms with van der Waals surface area (Å²) in [6.45, 7) is 8.19. The van der Waals surface area contributed by atoms with Gasteiger partial charge in [-0.2, -0.15) is 12.6 Å². The van der Waals surface area contributed by atoms with Crippen LogP contribution in [0.5, 0.6) is 0 Å². The van der Waals surface area contributed by atoms with E-state index in [9.17, 15) is 40.5 Å².